The van der Waals surface area contributed by atoms with Crippen LogP contribution in [0.1, 0.15) is 98.7 Å². The number of nitrogens with zero attached hydrogens (tertiary/aromatic N) is 3. The number of pyridine rings is 1. The molecule has 9 rings (SSSR count). The number of hydrogen-bond donors (Lipinski definition) is 5. The van der Waals surface area contributed by atoms with Crippen molar-refractivity contribution in [1.82, 2.24) is 24.9 Å². The molecule has 3 saturated heterocycles. The van der Waals surface area contributed by atoms with Crippen molar-refractivity contribution in [3.63, 3.8) is 0 Å². The fourth-order valence-electron chi connectivity index (χ4n) is 9.98. The summed E-state index contributed by atoms with van der Waals surface area (Å²) < 4.78 is 51.6. The lowest BCUT2D eigenvalue weighted by Gasteiger charge is -2.56. The third kappa shape index (κ3) is 8.25. The smallest absolute Gasteiger partial charge is 0.268 e. The van der Waals surface area contributed by atoms with Gasteiger partial charge in [0, 0.05) is 67.9 Å². The van der Waals surface area contributed by atoms with Gasteiger partial charge >= 0.3 is 0 Å². The lowest BCUT2D eigenvalue weighted by molar-refractivity contribution is -0.119. The Hall–Kier alpha value is -5.67. The topological polar surface area (TPSA) is 169 Å². The van der Waals surface area contributed by atoms with Crippen LogP contribution in [0.3, 0.4) is 0 Å². The summed E-state index contributed by atoms with van der Waals surface area (Å²) in [6, 6.07) is 19.4. The second-order valence-corrected chi connectivity index (χ2v) is 19.2. The van der Waals surface area contributed by atoms with Gasteiger partial charge in [-0.1, -0.05) is 38.1 Å². The highest BCUT2D eigenvalue weighted by atomic mass is 32.2. The molecule has 0 radical (unpaired) electrons. The molecular weight excluding hydrogens is 798 g/mol. The van der Waals surface area contributed by atoms with Crippen LogP contribution in [0, 0.1) is 11.2 Å². The van der Waals surface area contributed by atoms with E-state index in [2.05, 4.69) is 63.6 Å². The first-order chi connectivity index (χ1) is 29.3. The van der Waals surface area contributed by atoms with E-state index >= 15 is 4.39 Å². The van der Waals surface area contributed by atoms with E-state index in [1.807, 2.05) is 15.7 Å². The van der Waals surface area contributed by atoms with Crippen molar-refractivity contribution in [2.75, 3.05) is 36.4 Å². The SMILES string of the molecule is CC(C)c1ccccc1C1CCCN1C1CC2(CCN(c3cc(Oc4cnc5[nH]ccc5c4)c(C(=O)NS(=O)(=O)c4ccc(NCC5CCC(=O)N5)c(O)c4)cc3F)CC2)C1. The Bertz CT molecular complexity index is 2580. The predicted molar refractivity (Wildman–Crippen MR) is 231 cm³/mol. The van der Waals surface area contributed by atoms with Crippen molar-refractivity contribution in [2.45, 2.75) is 94.2 Å². The zero-order valence-electron chi connectivity index (χ0n) is 34.4. The van der Waals surface area contributed by atoms with Gasteiger partial charge in [0.05, 0.1) is 28.0 Å². The van der Waals surface area contributed by atoms with Crippen molar-refractivity contribution in [3.05, 3.63) is 102 Å². The predicted octanol–water partition coefficient (Wildman–Crippen LogP) is 7.72. The highest BCUT2D eigenvalue weighted by Gasteiger charge is 2.50. The minimum atomic E-state index is -4.54. The van der Waals surface area contributed by atoms with E-state index in [9.17, 15) is 23.1 Å². The summed E-state index contributed by atoms with van der Waals surface area (Å²) in [6.07, 6.45) is 10.7. The normalized spacial score (nSPS) is 20.6. The van der Waals surface area contributed by atoms with E-state index in [0.29, 0.717) is 56.1 Å². The molecule has 3 aromatic carbocycles. The van der Waals surface area contributed by atoms with Gasteiger partial charge in [-0.2, -0.15) is 0 Å². The van der Waals surface area contributed by atoms with Crippen LogP contribution in [-0.4, -0.2) is 78.5 Å². The fourth-order valence-corrected chi connectivity index (χ4v) is 11.0. The van der Waals surface area contributed by atoms with Gasteiger partial charge in [0.15, 0.2) is 0 Å². The zero-order chi connectivity index (χ0) is 42.5. The molecule has 5 N–H and O–H groups in total. The first kappa shape index (κ1) is 40.7. The Kier molecular flexibility index (Phi) is 10.9. The number of aromatic hydroxyl groups is 1. The monoisotopic (exact) mass is 849 g/mol. The molecule has 13 nitrogen and oxygen atoms in total. The number of likely N-dealkylation sites (tertiary alicyclic amines) is 1. The lowest BCUT2D eigenvalue weighted by atomic mass is 9.59. The number of hydrogen-bond acceptors (Lipinski definition) is 10. The van der Waals surface area contributed by atoms with E-state index in [-0.39, 0.29) is 56.4 Å². The fraction of sp³-hybridized carbons (Fsp3) is 0.413. The molecule has 2 unspecified atom stereocenters. The second kappa shape index (κ2) is 16.3. The van der Waals surface area contributed by atoms with Crippen LogP contribution in [-0.2, 0) is 14.8 Å². The molecular formula is C46H52FN7O6S. The Labute approximate surface area is 355 Å². The van der Waals surface area contributed by atoms with Gasteiger partial charge in [-0.15, -0.1) is 0 Å². The van der Waals surface area contributed by atoms with Gasteiger partial charge in [-0.05, 0) is 104 Å². The number of anilines is 2. The number of aromatic nitrogens is 2. The van der Waals surface area contributed by atoms with E-state index in [1.165, 1.54) is 48.4 Å². The molecule has 2 atom stereocenters. The number of nitrogens with one attached hydrogen (secondary N) is 4. The molecule has 5 heterocycles. The number of benzene rings is 3. The average Bonchev–Trinajstić information content (AvgIpc) is 4.01. The van der Waals surface area contributed by atoms with Crippen LogP contribution in [0.5, 0.6) is 17.2 Å². The van der Waals surface area contributed by atoms with E-state index < -0.39 is 21.7 Å². The van der Waals surface area contributed by atoms with E-state index in [4.69, 9.17) is 4.74 Å². The van der Waals surface area contributed by atoms with Crippen molar-refractivity contribution < 1.29 is 32.2 Å². The summed E-state index contributed by atoms with van der Waals surface area (Å²) in [5.74, 6) is -1.48. The molecule has 15 heteroatoms. The lowest BCUT2D eigenvalue weighted by Crippen LogP contribution is -2.55. The molecule has 1 aliphatic carbocycles. The maximum Gasteiger partial charge on any atom is 0.268 e. The molecule has 1 spiro atoms. The number of piperidine rings is 1. The van der Waals surface area contributed by atoms with Crippen LogP contribution >= 0.6 is 0 Å². The molecule has 320 valence electrons. The molecule has 2 aromatic heterocycles. The van der Waals surface area contributed by atoms with Crippen LogP contribution in [0.4, 0.5) is 15.8 Å². The average molecular weight is 850 g/mol. The number of rotatable bonds is 12. The summed E-state index contributed by atoms with van der Waals surface area (Å²) in [6.45, 7) is 7.24. The summed E-state index contributed by atoms with van der Waals surface area (Å²) in [7, 11) is -4.54. The number of phenolic OH excluding ortho intramolecular Hbond substituents is 1. The quantitative estimate of drug-likeness (QED) is 0.0784. The van der Waals surface area contributed by atoms with Gasteiger partial charge < -0.3 is 30.4 Å². The molecule has 2 amide bonds. The second-order valence-electron chi connectivity index (χ2n) is 17.5. The Morgan fingerprint density at radius 1 is 1.05 bits per heavy atom. The maximum atomic E-state index is 16.3. The number of H-pyrrole nitrogens is 1. The minimum absolute atomic E-state index is 0.0343. The van der Waals surface area contributed by atoms with Crippen LogP contribution < -0.4 is 25.0 Å². The molecule has 1 saturated carbocycles. The Balaban J connectivity index is 0.908. The number of aromatic amines is 1. The summed E-state index contributed by atoms with van der Waals surface area (Å²) in [4.78, 5) is 37.1. The minimum Gasteiger partial charge on any atom is -0.506 e. The van der Waals surface area contributed by atoms with Crippen molar-refractivity contribution in [3.8, 4) is 17.2 Å². The number of fused-ring (bicyclic) bond motifs is 1. The van der Waals surface area contributed by atoms with Crippen LogP contribution in [0.2, 0.25) is 0 Å². The van der Waals surface area contributed by atoms with Gasteiger partial charge in [0.25, 0.3) is 15.9 Å². The third-order valence-corrected chi connectivity index (χ3v) is 14.6. The number of carbonyl (C=O) groups excluding carboxylic acids is 2. The summed E-state index contributed by atoms with van der Waals surface area (Å²) in [5.41, 5.74) is 3.94. The molecule has 0 bridgehead atoms. The van der Waals surface area contributed by atoms with Gasteiger partial charge in [0.1, 0.15) is 28.7 Å². The van der Waals surface area contributed by atoms with Crippen molar-refractivity contribution in [1.29, 1.82) is 0 Å². The number of halogens is 1. The number of sulfonamides is 1. The first-order valence-electron chi connectivity index (χ1n) is 21.3. The van der Waals surface area contributed by atoms with Gasteiger partial charge in [-0.25, -0.2) is 22.5 Å². The third-order valence-electron chi connectivity index (χ3n) is 13.3. The largest absolute Gasteiger partial charge is 0.506 e. The molecule has 5 aromatic rings. The van der Waals surface area contributed by atoms with Crippen LogP contribution in [0.25, 0.3) is 11.0 Å². The standard InChI is InChI=1S/C46H52FN7O6S/c1-28(2)34-6-3-4-7-35(34)39-8-5-17-54(39)31-24-46(25-31)14-18-53(19-15-46)40-23-42(60-32-20-29-13-16-48-44(29)50-27-32)36(22-37(40)47)45(57)52-61(58,59)33-10-11-38(41(55)21-33)49-26-30-9-12-43(56)51-30/h3-4,6-7,10-11,13,16,20-23,27-28,30-31,39,49,55H,5,8-9,12,14-15,17-19,24-26H2,1-2H3,(H,48,50)(H,51,56)(H,52,57). The Morgan fingerprint density at radius 2 is 1.85 bits per heavy atom. The number of amides is 2. The van der Waals surface area contributed by atoms with Crippen molar-refractivity contribution >= 4 is 44.2 Å². The molecule has 4 fully saturated rings. The highest BCUT2D eigenvalue weighted by molar-refractivity contribution is 7.90. The first-order valence-corrected chi connectivity index (χ1v) is 22.8. The molecule has 3 aliphatic heterocycles. The number of carbonyl (C=O) groups is 2. The summed E-state index contributed by atoms with van der Waals surface area (Å²) >= 11 is 0. The Morgan fingerprint density at radius 3 is 2.61 bits per heavy atom. The van der Waals surface area contributed by atoms with E-state index in [0.717, 1.165) is 49.7 Å². The zero-order valence-corrected chi connectivity index (χ0v) is 35.2. The van der Waals surface area contributed by atoms with Crippen molar-refractivity contribution in [2.24, 2.45) is 5.41 Å². The van der Waals surface area contributed by atoms with Crippen LogP contribution in [0.15, 0.2) is 84.0 Å². The summed E-state index contributed by atoms with van der Waals surface area (Å²) in [5, 5.41) is 17.3. The molecule has 4 aliphatic rings. The van der Waals surface area contributed by atoms with Gasteiger partial charge in [-0.3, -0.25) is 14.5 Å². The van der Waals surface area contributed by atoms with E-state index in [1.54, 1.807) is 12.3 Å². The number of ether oxygens (including phenoxy) is 1. The number of phenols is 1. The van der Waals surface area contributed by atoms with Gasteiger partial charge in [0.2, 0.25) is 5.91 Å². The molecule has 61 heavy (non-hydrogen) atoms. The highest BCUT2D eigenvalue weighted by Crippen LogP contribution is 2.54. The maximum absolute atomic E-state index is 16.3.